The zero-order chi connectivity index (χ0) is 21.1. The van der Waals surface area contributed by atoms with Crippen molar-refractivity contribution in [2.24, 2.45) is 0 Å². The predicted octanol–water partition coefficient (Wildman–Crippen LogP) is 5.73. The summed E-state index contributed by atoms with van der Waals surface area (Å²) in [5.41, 5.74) is 1.91. The molecule has 0 aliphatic rings. The van der Waals surface area contributed by atoms with Crippen LogP contribution in [0.3, 0.4) is 0 Å². The van der Waals surface area contributed by atoms with Crippen molar-refractivity contribution in [2.45, 2.75) is 49.5 Å². The smallest absolute Gasteiger partial charge is 0.201 e. The molecule has 6 heteroatoms. The van der Waals surface area contributed by atoms with E-state index < -0.39 is 18.6 Å². The largest absolute Gasteiger partial charge is 0.345 e. The maximum absolute atomic E-state index is 13.0. The lowest BCUT2D eigenvalue weighted by Crippen LogP contribution is -2.23. The minimum absolute atomic E-state index is 0.198. The zero-order valence-corrected chi connectivity index (χ0v) is 19.4. The summed E-state index contributed by atoms with van der Waals surface area (Å²) < 4.78 is 5.73. The highest BCUT2D eigenvalue weighted by molar-refractivity contribution is 7.93. The molecule has 29 heavy (non-hydrogen) atoms. The van der Waals surface area contributed by atoms with E-state index in [-0.39, 0.29) is 11.0 Å². The van der Waals surface area contributed by atoms with Crippen LogP contribution in [0, 0.1) is 0 Å². The van der Waals surface area contributed by atoms with Crippen LogP contribution in [-0.2, 0) is 27.0 Å². The van der Waals surface area contributed by atoms with Crippen LogP contribution in [0.25, 0.3) is 0 Å². The fourth-order valence-corrected chi connectivity index (χ4v) is 5.36. The van der Waals surface area contributed by atoms with Gasteiger partial charge < -0.3 is 4.52 Å². The first kappa shape index (κ1) is 24.1. The van der Waals surface area contributed by atoms with Gasteiger partial charge in [0.25, 0.3) is 0 Å². The van der Waals surface area contributed by atoms with Crippen molar-refractivity contribution in [3.8, 4) is 0 Å². The molecule has 0 N–H and O–H groups in total. The van der Waals surface area contributed by atoms with Gasteiger partial charge in [0, 0.05) is 0 Å². The van der Waals surface area contributed by atoms with Gasteiger partial charge in [0.1, 0.15) is 0 Å². The van der Waals surface area contributed by atoms with Gasteiger partial charge in [-0.1, -0.05) is 67.6 Å². The minimum atomic E-state index is -1.86. The Hall–Kier alpha value is -1.13. The predicted molar refractivity (Wildman–Crippen MR) is 128 cm³/mol. The SMILES string of the molecule is CCCOP(C(=O)C(S)CCc1ccccc1)C(=O)C(S)CCc1ccccc1. The molecule has 0 saturated carbocycles. The van der Waals surface area contributed by atoms with Crippen LogP contribution < -0.4 is 0 Å². The quantitative estimate of drug-likeness (QED) is 0.304. The maximum atomic E-state index is 13.0. The first-order valence-corrected chi connectivity index (χ1v) is 12.3. The number of benzene rings is 2. The summed E-state index contributed by atoms with van der Waals surface area (Å²) >= 11 is 9.00. The van der Waals surface area contributed by atoms with Crippen molar-refractivity contribution >= 4 is 44.5 Å². The molecule has 0 saturated heterocycles. The van der Waals surface area contributed by atoms with Crippen molar-refractivity contribution in [2.75, 3.05) is 6.61 Å². The Labute approximate surface area is 186 Å². The van der Waals surface area contributed by atoms with Crippen LogP contribution in [-0.4, -0.2) is 28.2 Å². The Morgan fingerprint density at radius 1 is 0.828 bits per heavy atom. The van der Waals surface area contributed by atoms with Crippen molar-refractivity contribution in [1.29, 1.82) is 0 Å². The molecule has 2 aromatic rings. The number of hydrogen-bond acceptors (Lipinski definition) is 5. The third-order valence-electron chi connectivity index (χ3n) is 4.49. The number of rotatable bonds is 13. The van der Waals surface area contributed by atoms with Gasteiger partial charge in [-0.2, -0.15) is 25.3 Å². The van der Waals surface area contributed by atoms with Gasteiger partial charge in [-0.25, -0.2) is 0 Å². The van der Waals surface area contributed by atoms with Gasteiger partial charge in [-0.3, -0.25) is 9.59 Å². The van der Waals surface area contributed by atoms with E-state index in [4.69, 9.17) is 4.52 Å². The number of carbonyl (C=O) groups excluding carboxylic acids is 2. The molecule has 0 aliphatic heterocycles. The molecule has 2 aromatic carbocycles. The van der Waals surface area contributed by atoms with E-state index in [1.54, 1.807) is 0 Å². The molecule has 2 rings (SSSR count). The van der Waals surface area contributed by atoms with Crippen molar-refractivity contribution in [1.82, 2.24) is 0 Å². The lowest BCUT2D eigenvalue weighted by atomic mass is 10.1. The van der Waals surface area contributed by atoms with Gasteiger partial charge in [-0.15, -0.1) is 0 Å². The molecule has 3 nitrogen and oxygen atoms in total. The minimum Gasteiger partial charge on any atom is -0.345 e. The zero-order valence-electron chi connectivity index (χ0n) is 16.7. The summed E-state index contributed by atoms with van der Waals surface area (Å²) in [5, 5.41) is -1.03. The third-order valence-corrected chi connectivity index (χ3v) is 7.75. The standard InChI is InChI=1S/C23H29O3PS2/c1-2-17-26-27(22(24)20(28)15-13-18-9-5-3-6-10-18)23(25)21(29)16-14-19-11-7-4-8-12-19/h3-12,20-21,28-29H,2,13-17H2,1H3. The second kappa shape index (κ2) is 13.2. The summed E-state index contributed by atoms with van der Waals surface area (Å²) in [6.45, 7) is 2.35. The number of carbonyl (C=O) groups is 2. The Balaban J connectivity index is 1.95. The molecule has 0 amide bonds. The Kier molecular flexibility index (Phi) is 11.0. The molecule has 0 radical (unpaired) electrons. The average Bonchev–Trinajstić information content (AvgIpc) is 2.77. The highest BCUT2D eigenvalue weighted by atomic mass is 32.1. The molecule has 0 fully saturated rings. The lowest BCUT2D eigenvalue weighted by Gasteiger charge is -2.21. The number of hydrogen-bond donors (Lipinski definition) is 2. The van der Waals surface area contributed by atoms with Crippen LogP contribution in [0.1, 0.15) is 37.3 Å². The molecular weight excluding hydrogens is 419 g/mol. The van der Waals surface area contributed by atoms with Crippen LogP contribution in [0.4, 0.5) is 0 Å². The van der Waals surface area contributed by atoms with Gasteiger partial charge in [-0.05, 0) is 43.2 Å². The monoisotopic (exact) mass is 448 g/mol. The van der Waals surface area contributed by atoms with Gasteiger partial charge in [0.15, 0.2) is 8.15 Å². The molecule has 0 bridgehead atoms. The Morgan fingerprint density at radius 3 is 1.62 bits per heavy atom. The van der Waals surface area contributed by atoms with E-state index in [0.717, 1.165) is 30.4 Å². The summed E-state index contributed by atoms with van der Waals surface area (Å²) in [4.78, 5) is 25.9. The molecule has 2 unspecified atom stereocenters. The molecule has 0 aromatic heterocycles. The van der Waals surface area contributed by atoms with E-state index in [1.807, 2.05) is 67.6 Å². The van der Waals surface area contributed by atoms with E-state index in [9.17, 15) is 9.59 Å². The first-order valence-electron chi connectivity index (χ1n) is 9.97. The van der Waals surface area contributed by atoms with Crippen molar-refractivity contribution < 1.29 is 14.1 Å². The first-order chi connectivity index (χ1) is 14.0. The van der Waals surface area contributed by atoms with Crippen LogP contribution >= 0.6 is 33.4 Å². The highest BCUT2D eigenvalue weighted by Crippen LogP contribution is 2.44. The maximum Gasteiger partial charge on any atom is 0.201 e. The molecular formula is C23H29O3PS2. The van der Waals surface area contributed by atoms with Crippen LogP contribution in [0.15, 0.2) is 60.7 Å². The normalized spacial score (nSPS) is 14.2. The molecule has 0 heterocycles. The lowest BCUT2D eigenvalue weighted by molar-refractivity contribution is -0.115. The molecule has 2 atom stereocenters. The van der Waals surface area contributed by atoms with E-state index in [1.165, 1.54) is 0 Å². The second-order valence-electron chi connectivity index (χ2n) is 6.88. The van der Waals surface area contributed by atoms with E-state index in [2.05, 4.69) is 25.3 Å². The summed E-state index contributed by atoms with van der Waals surface area (Å²) in [7, 11) is -1.86. The van der Waals surface area contributed by atoms with E-state index in [0.29, 0.717) is 19.4 Å². The summed E-state index contributed by atoms with van der Waals surface area (Å²) in [6, 6.07) is 19.9. The topological polar surface area (TPSA) is 43.4 Å². The summed E-state index contributed by atoms with van der Waals surface area (Å²) in [5.74, 6) is 0. The molecule has 156 valence electrons. The van der Waals surface area contributed by atoms with Crippen LogP contribution in [0.2, 0.25) is 0 Å². The average molecular weight is 449 g/mol. The van der Waals surface area contributed by atoms with Crippen LogP contribution in [0.5, 0.6) is 0 Å². The molecule has 0 aliphatic carbocycles. The van der Waals surface area contributed by atoms with Crippen molar-refractivity contribution in [3.63, 3.8) is 0 Å². The van der Waals surface area contributed by atoms with Gasteiger partial charge >= 0.3 is 0 Å². The number of aryl methyl sites for hydroxylation is 2. The highest BCUT2D eigenvalue weighted by Gasteiger charge is 2.35. The fraction of sp³-hybridized carbons (Fsp3) is 0.391. The number of thiol groups is 2. The van der Waals surface area contributed by atoms with Gasteiger partial charge in [0.05, 0.1) is 17.1 Å². The Bertz CT molecular complexity index is 694. The molecule has 0 spiro atoms. The fourth-order valence-electron chi connectivity index (χ4n) is 2.83. The van der Waals surface area contributed by atoms with Crippen molar-refractivity contribution in [3.05, 3.63) is 71.8 Å². The van der Waals surface area contributed by atoms with Gasteiger partial charge in [0.2, 0.25) is 11.0 Å². The van der Waals surface area contributed by atoms with E-state index >= 15 is 0 Å². The second-order valence-corrected chi connectivity index (χ2v) is 9.86. The Morgan fingerprint density at radius 2 is 1.24 bits per heavy atom. The summed E-state index contributed by atoms with van der Waals surface area (Å²) in [6.07, 6.45) is 3.39. The third kappa shape index (κ3) is 8.25.